The summed E-state index contributed by atoms with van der Waals surface area (Å²) in [5.41, 5.74) is 1.56. The molecular weight excluding hydrogens is 304 g/mol. The monoisotopic (exact) mass is 309 g/mol. The number of nitrogens with one attached hydrogen (secondary N) is 1. The van der Waals surface area contributed by atoms with Crippen LogP contribution in [0.1, 0.15) is 0 Å². The number of aromatic amines is 1. The third kappa shape index (κ3) is 1.46. The van der Waals surface area contributed by atoms with E-state index in [2.05, 4.69) is 37.5 Å². The predicted octanol–water partition coefficient (Wildman–Crippen LogP) is 2.22. The first-order valence-corrected chi connectivity index (χ1v) is 4.92. The van der Waals surface area contributed by atoms with Crippen LogP contribution in [0.4, 0.5) is 0 Å². The first-order chi connectivity index (χ1) is 6.22. The van der Waals surface area contributed by atoms with Crippen molar-refractivity contribution >= 4 is 45.2 Å². The minimum Gasteiger partial charge on any atom is -0.479 e. The van der Waals surface area contributed by atoms with Gasteiger partial charge in [-0.3, -0.25) is 0 Å². The molecule has 2 rings (SSSR count). The normalized spacial score (nSPS) is 10.7. The molecule has 13 heavy (non-hydrogen) atoms. The molecule has 0 bridgehead atoms. The van der Waals surface area contributed by atoms with Gasteiger partial charge in [-0.05, 0) is 34.2 Å². The number of halogens is 2. The summed E-state index contributed by atoms with van der Waals surface area (Å²) < 4.78 is 6.05. The Morgan fingerprint density at radius 3 is 3.00 bits per heavy atom. The van der Waals surface area contributed by atoms with Crippen LogP contribution in [-0.2, 0) is 0 Å². The van der Waals surface area contributed by atoms with E-state index >= 15 is 0 Å². The number of H-pyrrole nitrogens is 1. The predicted molar refractivity (Wildman–Crippen MR) is 58.2 cm³/mol. The maximum atomic E-state index is 5.71. The van der Waals surface area contributed by atoms with E-state index in [0.717, 1.165) is 14.6 Å². The molecule has 0 saturated heterocycles. The minimum atomic E-state index is 0.196. The van der Waals surface area contributed by atoms with Crippen molar-refractivity contribution in [1.82, 2.24) is 15.0 Å². The molecule has 0 unspecified atom stereocenters. The first kappa shape index (κ1) is 9.01. The van der Waals surface area contributed by atoms with Crippen LogP contribution in [-0.4, -0.2) is 22.1 Å². The second kappa shape index (κ2) is 3.30. The second-order valence-electron chi connectivity index (χ2n) is 2.36. The lowest BCUT2D eigenvalue weighted by molar-refractivity contribution is 0.402. The molecular formula is C7H5ClIN3O. The van der Waals surface area contributed by atoms with E-state index in [-0.39, 0.29) is 5.28 Å². The van der Waals surface area contributed by atoms with Gasteiger partial charge < -0.3 is 9.72 Å². The van der Waals surface area contributed by atoms with Gasteiger partial charge in [0.05, 0.1) is 10.7 Å². The Kier molecular flexibility index (Phi) is 2.29. The quantitative estimate of drug-likeness (QED) is 0.649. The second-order valence-corrected chi connectivity index (χ2v) is 3.86. The summed E-state index contributed by atoms with van der Waals surface area (Å²) in [6, 6.07) is 0. The Morgan fingerprint density at radius 2 is 2.31 bits per heavy atom. The number of aromatic nitrogens is 3. The zero-order valence-electron chi connectivity index (χ0n) is 6.64. The molecule has 0 fully saturated rings. The van der Waals surface area contributed by atoms with Crippen molar-refractivity contribution in [3.8, 4) is 5.88 Å². The molecule has 2 aromatic heterocycles. The molecule has 0 amide bonds. The smallest absolute Gasteiger partial charge is 0.242 e. The highest BCUT2D eigenvalue weighted by Crippen LogP contribution is 2.25. The Morgan fingerprint density at radius 1 is 1.54 bits per heavy atom. The minimum absolute atomic E-state index is 0.196. The van der Waals surface area contributed by atoms with Crippen LogP contribution in [0.25, 0.3) is 11.0 Å². The molecule has 0 aromatic carbocycles. The Labute approximate surface area is 92.8 Å². The molecule has 4 nitrogen and oxygen atoms in total. The summed E-state index contributed by atoms with van der Waals surface area (Å²) in [7, 11) is 1.55. The molecule has 6 heteroatoms. The van der Waals surface area contributed by atoms with Gasteiger partial charge in [-0.1, -0.05) is 0 Å². The topological polar surface area (TPSA) is 50.8 Å². The van der Waals surface area contributed by atoms with Gasteiger partial charge in [0.15, 0.2) is 0 Å². The van der Waals surface area contributed by atoms with Crippen molar-refractivity contribution in [2.75, 3.05) is 7.11 Å². The van der Waals surface area contributed by atoms with Crippen LogP contribution < -0.4 is 4.74 Å². The van der Waals surface area contributed by atoms with Gasteiger partial charge in [-0.2, -0.15) is 4.98 Å². The summed E-state index contributed by atoms with van der Waals surface area (Å²) >= 11 is 7.88. The zero-order valence-corrected chi connectivity index (χ0v) is 9.55. The van der Waals surface area contributed by atoms with Crippen molar-refractivity contribution in [3.05, 3.63) is 15.1 Å². The summed E-state index contributed by atoms with van der Waals surface area (Å²) in [6.45, 7) is 0. The SMILES string of the molecule is COc1nc(Cl)nc2c(I)c[nH]c12. The summed E-state index contributed by atoms with van der Waals surface area (Å²) in [4.78, 5) is 11.0. The molecule has 1 N–H and O–H groups in total. The highest BCUT2D eigenvalue weighted by atomic mass is 127. The highest BCUT2D eigenvalue weighted by Gasteiger charge is 2.10. The molecule has 2 aromatic rings. The molecule has 2 heterocycles. The molecule has 0 aliphatic heterocycles. The number of rotatable bonds is 1. The van der Waals surface area contributed by atoms with E-state index in [4.69, 9.17) is 16.3 Å². The maximum Gasteiger partial charge on any atom is 0.242 e. The first-order valence-electron chi connectivity index (χ1n) is 3.46. The van der Waals surface area contributed by atoms with Gasteiger partial charge in [-0.25, -0.2) is 4.98 Å². The van der Waals surface area contributed by atoms with E-state index < -0.39 is 0 Å². The number of fused-ring (bicyclic) bond motifs is 1. The van der Waals surface area contributed by atoms with Gasteiger partial charge in [0.1, 0.15) is 11.0 Å². The average Bonchev–Trinajstić information content (AvgIpc) is 2.47. The molecule has 0 aliphatic rings. The van der Waals surface area contributed by atoms with Gasteiger partial charge in [0, 0.05) is 6.20 Å². The van der Waals surface area contributed by atoms with E-state index in [9.17, 15) is 0 Å². The fraction of sp³-hybridized carbons (Fsp3) is 0.143. The molecule has 0 saturated carbocycles. The lowest BCUT2D eigenvalue weighted by Gasteiger charge is -1.99. The Hall–Kier alpha value is -0.560. The van der Waals surface area contributed by atoms with Gasteiger partial charge >= 0.3 is 0 Å². The van der Waals surface area contributed by atoms with Gasteiger partial charge in [0.2, 0.25) is 11.2 Å². The lowest BCUT2D eigenvalue weighted by atomic mass is 10.4. The van der Waals surface area contributed by atoms with Crippen molar-refractivity contribution in [3.63, 3.8) is 0 Å². The third-order valence-corrected chi connectivity index (χ3v) is 2.60. The molecule has 68 valence electrons. The summed E-state index contributed by atoms with van der Waals surface area (Å²) in [6.07, 6.45) is 1.83. The average molecular weight is 309 g/mol. The number of hydrogen-bond acceptors (Lipinski definition) is 3. The Bertz CT molecular complexity index is 456. The van der Waals surface area contributed by atoms with Crippen LogP contribution in [0.5, 0.6) is 5.88 Å². The van der Waals surface area contributed by atoms with E-state index in [0.29, 0.717) is 5.88 Å². The van der Waals surface area contributed by atoms with Crippen molar-refractivity contribution < 1.29 is 4.74 Å². The van der Waals surface area contributed by atoms with Crippen LogP contribution in [0, 0.1) is 3.57 Å². The van der Waals surface area contributed by atoms with Gasteiger partial charge in [0.25, 0.3) is 0 Å². The number of hydrogen-bond donors (Lipinski definition) is 1. The molecule has 0 spiro atoms. The number of methoxy groups -OCH3 is 1. The Balaban J connectivity index is 2.84. The third-order valence-electron chi connectivity index (χ3n) is 1.61. The molecule has 0 aliphatic carbocycles. The number of nitrogens with zero attached hydrogens (tertiary/aromatic N) is 2. The standard InChI is InChI=1S/C7H5ClIN3O/c1-13-6-5-4(3(9)2-10-5)11-7(8)12-6/h2,10H,1H3. The van der Waals surface area contributed by atoms with E-state index in [1.807, 2.05) is 6.20 Å². The number of ether oxygens (including phenoxy) is 1. The summed E-state index contributed by atoms with van der Waals surface area (Å²) in [5, 5.41) is 0.196. The van der Waals surface area contributed by atoms with Crippen LogP contribution in [0.2, 0.25) is 5.28 Å². The fourth-order valence-electron chi connectivity index (χ4n) is 1.07. The zero-order chi connectivity index (χ0) is 9.42. The van der Waals surface area contributed by atoms with Crippen LogP contribution in [0.3, 0.4) is 0 Å². The van der Waals surface area contributed by atoms with E-state index in [1.165, 1.54) is 0 Å². The molecule has 0 radical (unpaired) electrons. The molecule has 0 atom stereocenters. The summed E-state index contributed by atoms with van der Waals surface area (Å²) in [5.74, 6) is 0.470. The lowest BCUT2D eigenvalue weighted by Crippen LogP contribution is -1.91. The van der Waals surface area contributed by atoms with Crippen molar-refractivity contribution in [1.29, 1.82) is 0 Å². The van der Waals surface area contributed by atoms with Crippen LogP contribution in [0.15, 0.2) is 6.20 Å². The fourth-order valence-corrected chi connectivity index (χ4v) is 1.78. The largest absolute Gasteiger partial charge is 0.479 e. The van der Waals surface area contributed by atoms with Crippen molar-refractivity contribution in [2.45, 2.75) is 0 Å². The maximum absolute atomic E-state index is 5.71. The van der Waals surface area contributed by atoms with Crippen molar-refractivity contribution in [2.24, 2.45) is 0 Å². The highest BCUT2D eigenvalue weighted by molar-refractivity contribution is 14.1. The van der Waals surface area contributed by atoms with Crippen LogP contribution >= 0.6 is 34.2 Å². The van der Waals surface area contributed by atoms with Gasteiger partial charge in [-0.15, -0.1) is 0 Å². The van der Waals surface area contributed by atoms with E-state index in [1.54, 1.807) is 7.11 Å².